The van der Waals surface area contributed by atoms with E-state index in [1.165, 1.54) is 0 Å². The first-order chi connectivity index (χ1) is 10.9. The van der Waals surface area contributed by atoms with Crippen LogP contribution in [0.25, 0.3) is 10.9 Å². The monoisotopic (exact) mass is 315 g/mol. The summed E-state index contributed by atoms with van der Waals surface area (Å²) < 4.78 is 5.42. The van der Waals surface area contributed by atoms with Gasteiger partial charge in [-0.25, -0.2) is 4.79 Å². The van der Waals surface area contributed by atoms with Gasteiger partial charge in [-0.3, -0.25) is 4.98 Å². The Kier molecular flexibility index (Phi) is 3.83. The number of aldehydes is 1. The smallest absolute Gasteiger partial charge is 0.410 e. The lowest BCUT2D eigenvalue weighted by atomic mass is 9.92. The van der Waals surface area contributed by atoms with Gasteiger partial charge in [0, 0.05) is 48.2 Å². The molecular formula is C17H21N3O3. The number of amides is 1. The number of likely N-dealkylation sites (tertiary alicyclic amines) is 1. The molecule has 122 valence electrons. The van der Waals surface area contributed by atoms with Crippen LogP contribution in [0, 0.1) is 5.92 Å². The summed E-state index contributed by atoms with van der Waals surface area (Å²) in [7, 11) is 0. The molecule has 6 heteroatoms. The van der Waals surface area contributed by atoms with Gasteiger partial charge in [0.2, 0.25) is 0 Å². The summed E-state index contributed by atoms with van der Waals surface area (Å²) in [6.45, 7) is 6.30. The van der Waals surface area contributed by atoms with Crippen LogP contribution < -0.4 is 0 Å². The highest BCUT2D eigenvalue weighted by molar-refractivity contribution is 5.83. The standard InChI is InChI=1S/C17H21N3O3/c1-17(2,3)23-16(22)20-8-11(10-21)13(9-20)15-12-4-6-18-14(12)5-7-19-15/h4-7,10-11,13,18H,8-9H2,1-3H3. The largest absolute Gasteiger partial charge is 0.444 e. The Morgan fingerprint density at radius 3 is 2.87 bits per heavy atom. The number of carbonyl (C=O) groups excluding carboxylic acids is 2. The first-order valence-electron chi connectivity index (χ1n) is 7.74. The van der Waals surface area contributed by atoms with Crippen molar-refractivity contribution in [2.45, 2.75) is 32.3 Å². The molecule has 2 aromatic rings. The van der Waals surface area contributed by atoms with E-state index >= 15 is 0 Å². The van der Waals surface area contributed by atoms with E-state index in [4.69, 9.17) is 4.74 Å². The van der Waals surface area contributed by atoms with E-state index in [0.717, 1.165) is 22.9 Å². The van der Waals surface area contributed by atoms with Crippen molar-refractivity contribution in [3.8, 4) is 0 Å². The highest BCUT2D eigenvalue weighted by Crippen LogP contribution is 2.34. The zero-order valence-corrected chi connectivity index (χ0v) is 13.6. The predicted octanol–water partition coefficient (Wildman–Crippen LogP) is 2.71. The number of aromatic amines is 1. The minimum absolute atomic E-state index is 0.112. The van der Waals surface area contributed by atoms with E-state index in [-0.39, 0.29) is 17.9 Å². The Morgan fingerprint density at radius 2 is 2.17 bits per heavy atom. The second-order valence-corrected chi connectivity index (χ2v) is 6.93. The summed E-state index contributed by atoms with van der Waals surface area (Å²) in [6, 6.07) is 3.85. The Morgan fingerprint density at radius 1 is 1.39 bits per heavy atom. The molecule has 23 heavy (non-hydrogen) atoms. The van der Waals surface area contributed by atoms with E-state index in [1.807, 2.05) is 39.1 Å². The molecule has 1 N–H and O–H groups in total. The molecule has 0 saturated carbocycles. The fourth-order valence-corrected chi connectivity index (χ4v) is 3.03. The molecule has 0 aromatic carbocycles. The van der Waals surface area contributed by atoms with Gasteiger partial charge in [0.05, 0.1) is 5.69 Å². The number of fused-ring (bicyclic) bond motifs is 1. The maximum absolute atomic E-state index is 12.3. The third-order valence-corrected chi connectivity index (χ3v) is 4.05. The van der Waals surface area contributed by atoms with Gasteiger partial charge in [0.1, 0.15) is 11.9 Å². The van der Waals surface area contributed by atoms with Gasteiger partial charge in [-0.2, -0.15) is 0 Å². The second-order valence-electron chi connectivity index (χ2n) is 6.93. The first kappa shape index (κ1) is 15.5. The minimum Gasteiger partial charge on any atom is -0.444 e. The Balaban J connectivity index is 1.87. The number of aromatic nitrogens is 2. The van der Waals surface area contributed by atoms with Crippen LogP contribution in [0.3, 0.4) is 0 Å². The number of hydrogen-bond donors (Lipinski definition) is 1. The van der Waals surface area contributed by atoms with Crippen LogP contribution in [0.2, 0.25) is 0 Å². The van der Waals surface area contributed by atoms with Gasteiger partial charge >= 0.3 is 6.09 Å². The van der Waals surface area contributed by atoms with Crippen molar-refractivity contribution in [3.05, 3.63) is 30.2 Å². The van der Waals surface area contributed by atoms with Gasteiger partial charge < -0.3 is 19.4 Å². The van der Waals surface area contributed by atoms with Crippen molar-refractivity contribution in [1.29, 1.82) is 0 Å². The molecule has 6 nitrogen and oxygen atoms in total. The minimum atomic E-state index is -0.551. The van der Waals surface area contributed by atoms with Crippen molar-refractivity contribution < 1.29 is 14.3 Å². The number of rotatable bonds is 2. The molecule has 0 bridgehead atoms. The van der Waals surface area contributed by atoms with Gasteiger partial charge in [-0.05, 0) is 32.9 Å². The predicted molar refractivity (Wildman–Crippen MR) is 86.2 cm³/mol. The fraction of sp³-hybridized carbons (Fsp3) is 0.471. The van der Waals surface area contributed by atoms with E-state index in [1.54, 1.807) is 11.1 Å². The lowest BCUT2D eigenvalue weighted by Gasteiger charge is -2.24. The van der Waals surface area contributed by atoms with E-state index in [9.17, 15) is 9.59 Å². The summed E-state index contributed by atoms with van der Waals surface area (Å²) in [4.78, 5) is 33.0. The summed E-state index contributed by atoms with van der Waals surface area (Å²) in [5.41, 5.74) is 1.28. The average molecular weight is 315 g/mol. The van der Waals surface area contributed by atoms with Gasteiger partial charge in [0.25, 0.3) is 0 Å². The lowest BCUT2D eigenvalue weighted by Crippen LogP contribution is -2.35. The highest BCUT2D eigenvalue weighted by Gasteiger charge is 2.39. The molecule has 0 aliphatic carbocycles. The number of carbonyl (C=O) groups is 2. The quantitative estimate of drug-likeness (QED) is 0.865. The van der Waals surface area contributed by atoms with Crippen molar-refractivity contribution in [3.63, 3.8) is 0 Å². The summed E-state index contributed by atoms with van der Waals surface area (Å²) in [6.07, 6.45) is 4.12. The third kappa shape index (κ3) is 3.06. The van der Waals surface area contributed by atoms with Crippen molar-refractivity contribution >= 4 is 23.3 Å². The molecule has 0 radical (unpaired) electrons. The van der Waals surface area contributed by atoms with Crippen LogP contribution >= 0.6 is 0 Å². The van der Waals surface area contributed by atoms with Gasteiger partial charge in [0.15, 0.2) is 0 Å². The molecule has 3 rings (SSSR count). The zero-order chi connectivity index (χ0) is 16.6. The fourth-order valence-electron chi connectivity index (χ4n) is 3.03. The maximum Gasteiger partial charge on any atom is 0.410 e. The highest BCUT2D eigenvalue weighted by atomic mass is 16.6. The molecule has 1 aliphatic heterocycles. The Labute approximate surface area is 134 Å². The second kappa shape index (κ2) is 5.68. The first-order valence-corrected chi connectivity index (χ1v) is 7.74. The van der Waals surface area contributed by atoms with Gasteiger partial charge in [-0.1, -0.05) is 0 Å². The number of pyridine rings is 1. The van der Waals surface area contributed by atoms with Crippen molar-refractivity contribution in [2.24, 2.45) is 5.92 Å². The normalized spacial score (nSPS) is 21.6. The van der Waals surface area contributed by atoms with Crippen LogP contribution in [-0.4, -0.2) is 45.9 Å². The summed E-state index contributed by atoms with van der Waals surface area (Å²) in [5, 5.41) is 0.996. The molecule has 2 unspecified atom stereocenters. The lowest BCUT2D eigenvalue weighted by molar-refractivity contribution is -0.111. The van der Waals surface area contributed by atoms with Gasteiger partial charge in [-0.15, -0.1) is 0 Å². The van der Waals surface area contributed by atoms with Crippen molar-refractivity contribution in [2.75, 3.05) is 13.1 Å². The molecule has 0 spiro atoms. The molecule has 1 aliphatic rings. The van der Waals surface area contributed by atoms with Crippen LogP contribution in [0.4, 0.5) is 4.79 Å². The van der Waals surface area contributed by atoms with Crippen LogP contribution in [0.15, 0.2) is 24.5 Å². The number of H-pyrrole nitrogens is 1. The summed E-state index contributed by atoms with van der Waals surface area (Å²) >= 11 is 0. The maximum atomic E-state index is 12.3. The zero-order valence-electron chi connectivity index (χ0n) is 13.6. The molecular weight excluding hydrogens is 294 g/mol. The Hall–Kier alpha value is -2.37. The molecule has 1 amide bonds. The molecule has 1 saturated heterocycles. The average Bonchev–Trinajstić information content (AvgIpc) is 3.11. The van der Waals surface area contributed by atoms with E-state index < -0.39 is 5.60 Å². The Bertz CT molecular complexity index is 732. The number of nitrogens with one attached hydrogen (secondary N) is 1. The van der Waals surface area contributed by atoms with Crippen LogP contribution in [0.1, 0.15) is 32.4 Å². The van der Waals surface area contributed by atoms with Crippen molar-refractivity contribution in [1.82, 2.24) is 14.9 Å². The van der Waals surface area contributed by atoms with E-state index in [0.29, 0.717) is 13.1 Å². The molecule has 2 aromatic heterocycles. The number of hydrogen-bond acceptors (Lipinski definition) is 4. The summed E-state index contributed by atoms with van der Waals surface area (Å²) in [5.74, 6) is -0.380. The van der Waals surface area contributed by atoms with E-state index in [2.05, 4.69) is 9.97 Å². The SMILES string of the molecule is CC(C)(C)OC(=O)N1CC(C=O)C(c2nccc3[nH]ccc23)C1. The number of ether oxygens (including phenoxy) is 1. The molecule has 3 heterocycles. The van der Waals surface area contributed by atoms with Crippen LogP contribution in [0.5, 0.6) is 0 Å². The number of nitrogens with zero attached hydrogens (tertiary/aromatic N) is 2. The topological polar surface area (TPSA) is 75.3 Å². The van der Waals surface area contributed by atoms with Crippen LogP contribution in [-0.2, 0) is 9.53 Å². The third-order valence-electron chi connectivity index (χ3n) is 4.05. The molecule has 1 fully saturated rings. The molecule has 2 atom stereocenters.